The molecule has 90 valence electrons. The largest absolute Gasteiger partial charge is 0.469 e. The zero-order valence-electron chi connectivity index (χ0n) is 10.3. The number of furan rings is 1. The minimum Gasteiger partial charge on any atom is -0.469 e. The van der Waals surface area contributed by atoms with Crippen molar-refractivity contribution in [1.29, 1.82) is 0 Å². The van der Waals surface area contributed by atoms with E-state index in [-0.39, 0.29) is 0 Å². The zero-order chi connectivity index (χ0) is 11.4. The van der Waals surface area contributed by atoms with Crippen molar-refractivity contribution >= 4 is 0 Å². The summed E-state index contributed by atoms with van der Waals surface area (Å²) in [6.45, 7) is 4.54. The van der Waals surface area contributed by atoms with Crippen molar-refractivity contribution in [2.75, 3.05) is 20.1 Å². The highest BCUT2D eigenvalue weighted by molar-refractivity contribution is 4.98. The van der Waals surface area contributed by atoms with Gasteiger partial charge in [-0.1, -0.05) is 0 Å². The molecule has 0 saturated carbocycles. The molecule has 3 heteroatoms. The molecule has 1 aliphatic heterocycles. The van der Waals surface area contributed by atoms with Crippen LogP contribution in [0.15, 0.2) is 22.8 Å². The Hall–Kier alpha value is -0.800. The summed E-state index contributed by atoms with van der Waals surface area (Å²) in [4.78, 5) is 2.44. The zero-order valence-corrected chi connectivity index (χ0v) is 10.3. The van der Waals surface area contributed by atoms with Crippen molar-refractivity contribution in [2.45, 2.75) is 38.3 Å². The first-order chi connectivity index (χ1) is 7.75. The molecule has 1 aliphatic rings. The van der Waals surface area contributed by atoms with Gasteiger partial charge in [-0.3, -0.25) is 0 Å². The molecule has 16 heavy (non-hydrogen) atoms. The fourth-order valence-corrected chi connectivity index (χ4v) is 2.33. The molecule has 1 N–H and O–H groups in total. The molecular weight excluding hydrogens is 200 g/mol. The number of rotatable bonds is 4. The van der Waals surface area contributed by atoms with Gasteiger partial charge in [-0.25, -0.2) is 0 Å². The highest BCUT2D eigenvalue weighted by Crippen LogP contribution is 2.15. The maximum absolute atomic E-state index is 5.31. The Labute approximate surface area is 97.8 Å². The van der Waals surface area contributed by atoms with Gasteiger partial charge in [0.05, 0.1) is 6.26 Å². The number of likely N-dealkylation sites (tertiary alicyclic amines) is 1. The highest BCUT2D eigenvalue weighted by atomic mass is 16.3. The van der Waals surface area contributed by atoms with Crippen molar-refractivity contribution in [3.8, 4) is 0 Å². The monoisotopic (exact) mass is 222 g/mol. The predicted octanol–water partition coefficient (Wildman–Crippen LogP) is 1.89. The van der Waals surface area contributed by atoms with E-state index >= 15 is 0 Å². The number of nitrogens with zero attached hydrogens (tertiary/aromatic N) is 1. The molecule has 0 radical (unpaired) electrons. The maximum atomic E-state index is 5.31. The Balaban J connectivity index is 1.67. The third kappa shape index (κ3) is 3.09. The van der Waals surface area contributed by atoms with Gasteiger partial charge >= 0.3 is 0 Å². The van der Waals surface area contributed by atoms with Gasteiger partial charge in [0.15, 0.2) is 0 Å². The lowest BCUT2D eigenvalue weighted by molar-refractivity contribution is 0.169. The second-order valence-electron chi connectivity index (χ2n) is 4.83. The molecule has 0 amide bonds. The van der Waals surface area contributed by atoms with Crippen LogP contribution in [0, 0.1) is 0 Å². The number of hydrogen-bond acceptors (Lipinski definition) is 3. The van der Waals surface area contributed by atoms with Crippen LogP contribution in [0.2, 0.25) is 0 Å². The Morgan fingerprint density at radius 1 is 1.56 bits per heavy atom. The average molecular weight is 222 g/mol. The lowest BCUT2D eigenvalue weighted by Gasteiger charge is -2.35. The van der Waals surface area contributed by atoms with Crippen LogP contribution in [0.5, 0.6) is 0 Å². The van der Waals surface area contributed by atoms with Crippen molar-refractivity contribution in [3.63, 3.8) is 0 Å². The minimum absolute atomic E-state index is 0.682. The SMILES string of the molecule is CC1CC(NCCc2ccco2)CCN1C. The Bertz CT molecular complexity index is 297. The highest BCUT2D eigenvalue weighted by Gasteiger charge is 2.21. The summed E-state index contributed by atoms with van der Waals surface area (Å²) >= 11 is 0. The fourth-order valence-electron chi connectivity index (χ4n) is 2.33. The first-order valence-corrected chi connectivity index (χ1v) is 6.21. The summed E-state index contributed by atoms with van der Waals surface area (Å²) in [5, 5.41) is 3.62. The van der Waals surface area contributed by atoms with E-state index in [1.807, 2.05) is 12.1 Å². The first-order valence-electron chi connectivity index (χ1n) is 6.21. The molecule has 2 rings (SSSR count). The summed E-state index contributed by atoms with van der Waals surface area (Å²) < 4.78 is 5.31. The lowest BCUT2D eigenvalue weighted by atomic mass is 9.99. The predicted molar refractivity (Wildman–Crippen MR) is 65.5 cm³/mol. The van der Waals surface area contributed by atoms with Gasteiger partial charge in [-0.15, -0.1) is 0 Å². The van der Waals surface area contributed by atoms with E-state index < -0.39 is 0 Å². The van der Waals surface area contributed by atoms with E-state index in [4.69, 9.17) is 4.42 Å². The van der Waals surface area contributed by atoms with E-state index in [0.29, 0.717) is 12.1 Å². The molecule has 1 saturated heterocycles. The van der Waals surface area contributed by atoms with Gasteiger partial charge in [0.2, 0.25) is 0 Å². The molecule has 0 aromatic carbocycles. The molecule has 2 heterocycles. The minimum atomic E-state index is 0.682. The third-order valence-corrected chi connectivity index (χ3v) is 3.59. The Morgan fingerprint density at radius 2 is 2.44 bits per heavy atom. The number of nitrogens with one attached hydrogen (secondary N) is 1. The van der Waals surface area contributed by atoms with Crippen LogP contribution < -0.4 is 5.32 Å². The molecule has 2 atom stereocenters. The van der Waals surface area contributed by atoms with Gasteiger partial charge in [0.25, 0.3) is 0 Å². The van der Waals surface area contributed by atoms with E-state index in [9.17, 15) is 0 Å². The molecule has 0 bridgehead atoms. The maximum Gasteiger partial charge on any atom is 0.105 e. The van der Waals surface area contributed by atoms with Crippen molar-refractivity contribution < 1.29 is 4.42 Å². The molecule has 1 aromatic heterocycles. The quantitative estimate of drug-likeness (QED) is 0.843. The van der Waals surface area contributed by atoms with E-state index in [2.05, 4.69) is 24.2 Å². The second kappa shape index (κ2) is 5.51. The van der Waals surface area contributed by atoms with E-state index in [1.54, 1.807) is 6.26 Å². The summed E-state index contributed by atoms with van der Waals surface area (Å²) in [6, 6.07) is 5.38. The van der Waals surface area contributed by atoms with Gasteiger partial charge < -0.3 is 14.6 Å². The average Bonchev–Trinajstić information content (AvgIpc) is 2.76. The van der Waals surface area contributed by atoms with Crippen LogP contribution in [0.4, 0.5) is 0 Å². The summed E-state index contributed by atoms with van der Waals surface area (Å²) in [5.74, 6) is 1.08. The molecule has 0 aliphatic carbocycles. The first kappa shape index (κ1) is 11.7. The van der Waals surface area contributed by atoms with E-state index in [1.165, 1.54) is 19.4 Å². The number of hydrogen-bond donors (Lipinski definition) is 1. The van der Waals surface area contributed by atoms with Crippen LogP contribution in [0.3, 0.4) is 0 Å². The Kier molecular flexibility index (Phi) is 4.02. The molecule has 3 nitrogen and oxygen atoms in total. The van der Waals surface area contributed by atoms with Gasteiger partial charge in [0, 0.05) is 25.0 Å². The third-order valence-electron chi connectivity index (χ3n) is 3.59. The molecule has 2 unspecified atom stereocenters. The smallest absolute Gasteiger partial charge is 0.105 e. The summed E-state index contributed by atoms with van der Waals surface area (Å²) in [5.41, 5.74) is 0. The normalized spacial score (nSPS) is 27.1. The fraction of sp³-hybridized carbons (Fsp3) is 0.692. The van der Waals surface area contributed by atoms with Crippen LogP contribution >= 0.6 is 0 Å². The standard InChI is InChI=1S/C13H22N2O/c1-11-10-12(6-8-15(11)2)14-7-5-13-4-3-9-16-13/h3-4,9,11-12,14H,5-8,10H2,1-2H3. The van der Waals surface area contributed by atoms with Crippen molar-refractivity contribution in [3.05, 3.63) is 24.2 Å². The van der Waals surface area contributed by atoms with Gasteiger partial charge in [-0.2, -0.15) is 0 Å². The molecule has 0 spiro atoms. The summed E-state index contributed by atoms with van der Waals surface area (Å²) in [6.07, 6.45) is 5.26. The van der Waals surface area contributed by atoms with Crippen molar-refractivity contribution in [2.24, 2.45) is 0 Å². The summed E-state index contributed by atoms with van der Waals surface area (Å²) in [7, 11) is 2.21. The van der Waals surface area contributed by atoms with Crippen molar-refractivity contribution in [1.82, 2.24) is 10.2 Å². The van der Waals surface area contributed by atoms with Crippen LogP contribution in [-0.2, 0) is 6.42 Å². The van der Waals surface area contributed by atoms with Crippen LogP contribution in [0.25, 0.3) is 0 Å². The second-order valence-corrected chi connectivity index (χ2v) is 4.83. The lowest BCUT2D eigenvalue weighted by Crippen LogP contribution is -2.46. The topological polar surface area (TPSA) is 28.4 Å². The molecule has 1 fully saturated rings. The molecule has 1 aromatic rings. The number of piperidine rings is 1. The van der Waals surface area contributed by atoms with Gasteiger partial charge in [0.1, 0.15) is 5.76 Å². The van der Waals surface area contributed by atoms with Crippen LogP contribution in [-0.4, -0.2) is 37.1 Å². The van der Waals surface area contributed by atoms with Crippen LogP contribution in [0.1, 0.15) is 25.5 Å². The van der Waals surface area contributed by atoms with E-state index in [0.717, 1.165) is 18.7 Å². The van der Waals surface area contributed by atoms with Gasteiger partial charge in [-0.05, 0) is 45.5 Å². The Morgan fingerprint density at radius 3 is 3.12 bits per heavy atom. The molecular formula is C13H22N2O.